The quantitative estimate of drug-likeness (QED) is 0.739. The second-order valence-electron chi connectivity index (χ2n) is 4.82. The maximum atomic E-state index is 12.0. The molecule has 1 aromatic carbocycles. The minimum atomic E-state index is -0.650. The number of carbonyl (C=O) groups excluding carboxylic acids is 2. The van der Waals surface area contributed by atoms with Gasteiger partial charge < -0.3 is 15.3 Å². The van der Waals surface area contributed by atoms with Crippen LogP contribution >= 0.6 is 0 Å². The molecule has 1 atom stereocenters. The molecule has 5 heteroatoms. The number of nitrogens with one attached hydrogen (secondary N) is 1. The Morgan fingerprint density at radius 1 is 1.37 bits per heavy atom. The van der Waals surface area contributed by atoms with Gasteiger partial charge in [-0.05, 0) is 31.4 Å². The van der Waals surface area contributed by atoms with Crippen LogP contribution in [0.4, 0.5) is 5.69 Å². The maximum Gasteiger partial charge on any atom is 0.313 e. The third kappa shape index (κ3) is 3.32. The Morgan fingerprint density at radius 3 is 2.79 bits per heavy atom. The van der Waals surface area contributed by atoms with Crippen molar-refractivity contribution in [2.75, 3.05) is 18.4 Å². The van der Waals surface area contributed by atoms with Gasteiger partial charge in [0.25, 0.3) is 0 Å². The third-order valence-electron chi connectivity index (χ3n) is 3.27. The minimum absolute atomic E-state index is 0.236. The van der Waals surface area contributed by atoms with E-state index >= 15 is 0 Å². The van der Waals surface area contributed by atoms with E-state index < -0.39 is 17.9 Å². The lowest BCUT2D eigenvalue weighted by atomic mass is 10.1. The zero-order valence-electron chi connectivity index (χ0n) is 10.9. The van der Waals surface area contributed by atoms with Crippen molar-refractivity contribution in [1.82, 2.24) is 4.90 Å². The molecule has 19 heavy (non-hydrogen) atoms. The average molecular weight is 262 g/mol. The number of nitrogens with zero attached hydrogens (tertiary/aromatic N) is 1. The lowest BCUT2D eigenvalue weighted by molar-refractivity contribution is -0.145. The Balaban J connectivity index is 2.00. The molecule has 1 aromatic rings. The summed E-state index contributed by atoms with van der Waals surface area (Å²) in [6.45, 7) is 2.63. The summed E-state index contributed by atoms with van der Waals surface area (Å²) in [6.07, 6.45) is 0.886. The number of likely N-dealkylation sites (tertiary alicyclic amines) is 1. The second kappa shape index (κ2) is 5.84. The number of aryl methyl sites for hydroxylation is 1. The monoisotopic (exact) mass is 262 g/mol. The molecule has 1 fully saturated rings. The number of anilines is 1. The largest absolute Gasteiger partial charge is 0.391 e. The summed E-state index contributed by atoms with van der Waals surface area (Å²) in [6, 6.07) is 7.29. The van der Waals surface area contributed by atoms with Gasteiger partial charge in [-0.15, -0.1) is 0 Å². The third-order valence-corrected chi connectivity index (χ3v) is 3.27. The molecular weight excluding hydrogens is 244 g/mol. The Kier molecular flexibility index (Phi) is 4.16. The van der Waals surface area contributed by atoms with Crippen LogP contribution in [-0.2, 0) is 9.59 Å². The molecule has 2 amide bonds. The number of β-amino-alcohol motifs (C(OH)–C–C–N with tert-alkyl or cyclic N) is 1. The fourth-order valence-corrected chi connectivity index (χ4v) is 2.17. The number of hydrogen-bond donors (Lipinski definition) is 2. The van der Waals surface area contributed by atoms with Crippen molar-refractivity contribution in [3.05, 3.63) is 29.8 Å². The summed E-state index contributed by atoms with van der Waals surface area (Å²) in [5.74, 6) is -1.23. The van der Waals surface area contributed by atoms with Gasteiger partial charge in [0, 0.05) is 18.8 Å². The second-order valence-corrected chi connectivity index (χ2v) is 4.82. The zero-order chi connectivity index (χ0) is 13.8. The number of aliphatic hydroxyl groups is 1. The molecule has 0 aromatic heterocycles. The van der Waals surface area contributed by atoms with Gasteiger partial charge in [-0.1, -0.05) is 18.2 Å². The number of aliphatic hydroxyl groups excluding tert-OH is 1. The topological polar surface area (TPSA) is 69.6 Å². The first-order valence-corrected chi connectivity index (χ1v) is 6.42. The van der Waals surface area contributed by atoms with Crippen LogP contribution in [0.1, 0.15) is 18.4 Å². The number of para-hydroxylation sites is 1. The van der Waals surface area contributed by atoms with Crippen molar-refractivity contribution in [3.8, 4) is 0 Å². The molecule has 0 radical (unpaired) electrons. The molecule has 2 N–H and O–H groups in total. The Morgan fingerprint density at radius 2 is 2.11 bits per heavy atom. The van der Waals surface area contributed by atoms with E-state index in [1.807, 2.05) is 19.1 Å². The van der Waals surface area contributed by atoms with E-state index in [-0.39, 0.29) is 6.54 Å². The number of amides is 2. The number of piperidine rings is 1. The van der Waals surface area contributed by atoms with Gasteiger partial charge in [0.1, 0.15) is 0 Å². The molecule has 2 rings (SSSR count). The van der Waals surface area contributed by atoms with Gasteiger partial charge in [0.2, 0.25) is 0 Å². The van der Waals surface area contributed by atoms with E-state index in [1.165, 1.54) is 4.90 Å². The fourth-order valence-electron chi connectivity index (χ4n) is 2.17. The highest BCUT2D eigenvalue weighted by Crippen LogP contribution is 2.14. The SMILES string of the molecule is Cc1ccccc1NC(=O)C(=O)N1CCCC(O)C1. The van der Waals surface area contributed by atoms with Gasteiger partial charge in [0.05, 0.1) is 6.10 Å². The van der Waals surface area contributed by atoms with E-state index in [1.54, 1.807) is 12.1 Å². The first-order chi connectivity index (χ1) is 9.08. The average Bonchev–Trinajstić information content (AvgIpc) is 2.40. The van der Waals surface area contributed by atoms with Gasteiger partial charge in [0.15, 0.2) is 0 Å². The summed E-state index contributed by atoms with van der Waals surface area (Å²) in [7, 11) is 0. The van der Waals surface area contributed by atoms with E-state index in [9.17, 15) is 14.7 Å². The van der Waals surface area contributed by atoms with Crippen LogP contribution in [0.3, 0.4) is 0 Å². The molecule has 0 bridgehead atoms. The van der Waals surface area contributed by atoms with E-state index in [0.29, 0.717) is 18.7 Å². The normalized spacial score (nSPS) is 19.1. The first-order valence-electron chi connectivity index (χ1n) is 6.42. The van der Waals surface area contributed by atoms with Crippen molar-refractivity contribution in [2.45, 2.75) is 25.9 Å². The highest BCUT2D eigenvalue weighted by Gasteiger charge is 2.26. The molecule has 1 heterocycles. The van der Waals surface area contributed by atoms with Gasteiger partial charge >= 0.3 is 11.8 Å². The highest BCUT2D eigenvalue weighted by molar-refractivity contribution is 6.39. The van der Waals surface area contributed by atoms with Crippen molar-refractivity contribution < 1.29 is 14.7 Å². The Labute approximate surface area is 112 Å². The lowest BCUT2D eigenvalue weighted by Gasteiger charge is -2.29. The molecule has 102 valence electrons. The van der Waals surface area contributed by atoms with Crippen LogP contribution in [-0.4, -0.2) is 41.0 Å². The van der Waals surface area contributed by atoms with Crippen LogP contribution < -0.4 is 5.32 Å². The predicted molar refractivity (Wildman–Crippen MR) is 71.6 cm³/mol. The number of hydrogen-bond acceptors (Lipinski definition) is 3. The molecule has 0 spiro atoms. The molecule has 0 aliphatic carbocycles. The molecule has 1 unspecified atom stereocenters. The Bertz CT molecular complexity index is 487. The van der Waals surface area contributed by atoms with Crippen molar-refractivity contribution in [2.24, 2.45) is 0 Å². The molecule has 5 nitrogen and oxygen atoms in total. The fraction of sp³-hybridized carbons (Fsp3) is 0.429. The molecular formula is C14H18N2O3. The highest BCUT2D eigenvalue weighted by atomic mass is 16.3. The van der Waals surface area contributed by atoms with Crippen LogP contribution in [0, 0.1) is 6.92 Å². The van der Waals surface area contributed by atoms with Crippen molar-refractivity contribution in [3.63, 3.8) is 0 Å². The number of carbonyl (C=O) groups is 2. The zero-order valence-corrected chi connectivity index (χ0v) is 10.9. The summed E-state index contributed by atoms with van der Waals surface area (Å²) >= 11 is 0. The van der Waals surface area contributed by atoms with Gasteiger partial charge in [-0.2, -0.15) is 0 Å². The summed E-state index contributed by atoms with van der Waals surface area (Å²) in [5.41, 5.74) is 1.54. The molecule has 0 saturated carbocycles. The van der Waals surface area contributed by atoms with E-state index in [0.717, 1.165) is 12.0 Å². The number of benzene rings is 1. The summed E-state index contributed by atoms with van der Waals surface area (Å²) in [5, 5.41) is 12.1. The Hall–Kier alpha value is -1.88. The number of rotatable bonds is 1. The standard InChI is InChI=1S/C14H18N2O3/c1-10-5-2-3-7-12(10)15-13(18)14(19)16-8-4-6-11(17)9-16/h2-3,5,7,11,17H,4,6,8-9H2,1H3,(H,15,18). The minimum Gasteiger partial charge on any atom is -0.391 e. The smallest absolute Gasteiger partial charge is 0.313 e. The van der Waals surface area contributed by atoms with E-state index in [2.05, 4.69) is 5.32 Å². The van der Waals surface area contributed by atoms with Crippen LogP contribution in [0.5, 0.6) is 0 Å². The maximum absolute atomic E-state index is 12.0. The summed E-state index contributed by atoms with van der Waals surface area (Å²) < 4.78 is 0. The summed E-state index contributed by atoms with van der Waals surface area (Å²) in [4.78, 5) is 25.3. The van der Waals surface area contributed by atoms with Crippen LogP contribution in [0.25, 0.3) is 0 Å². The van der Waals surface area contributed by atoms with Crippen LogP contribution in [0.2, 0.25) is 0 Å². The van der Waals surface area contributed by atoms with Crippen LogP contribution in [0.15, 0.2) is 24.3 Å². The molecule has 1 saturated heterocycles. The van der Waals surface area contributed by atoms with Crippen molar-refractivity contribution >= 4 is 17.5 Å². The van der Waals surface area contributed by atoms with Crippen molar-refractivity contribution in [1.29, 1.82) is 0 Å². The van der Waals surface area contributed by atoms with Gasteiger partial charge in [-0.3, -0.25) is 9.59 Å². The lowest BCUT2D eigenvalue weighted by Crippen LogP contribution is -2.46. The predicted octanol–water partition coefficient (Wildman–Crippen LogP) is 0.917. The molecule has 1 aliphatic rings. The molecule has 1 aliphatic heterocycles. The van der Waals surface area contributed by atoms with E-state index in [4.69, 9.17) is 0 Å². The first kappa shape index (κ1) is 13.5. The van der Waals surface area contributed by atoms with Gasteiger partial charge in [-0.25, -0.2) is 0 Å².